The van der Waals surface area contributed by atoms with E-state index in [0.717, 1.165) is 24.1 Å². The Balaban J connectivity index is 1.88. The molecule has 0 amide bonds. The third-order valence-corrected chi connectivity index (χ3v) is 6.17. The standard InChI is InChI=1S/C32H39NO2/c1-8-25-19-26(9-11-30(25)33-15-13-21(2)3)28-17-24(7)29(18-23(28)6)27-10-12-32(31(34)20-27)35-16-14-22(4)5/h9-14,17-20,33-34H,8,15-16H2,1-7H3. The third-order valence-electron chi connectivity index (χ3n) is 6.17. The van der Waals surface area contributed by atoms with Gasteiger partial charge in [-0.25, -0.2) is 0 Å². The van der Waals surface area contributed by atoms with Crippen LogP contribution >= 0.6 is 0 Å². The molecule has 0 saturated heterocycles. The molecule has 0 aromatic heterocycles. The lowest BCUT2D eigenvalue weighted by Gasteiger charge is -2.16. The van der Waals surface area contributed by atoms with E-state index < -0.39 is 0 Å². The highest BCUT2D eigenvalue weighted by Gasteiger charge is 2.12. The highest BCUT2D eigenvalue weighted by Crippen LogP contribution is 2.37. The van der Waals surface area contributed by atoms with Crippen molar-refractivity contribution in [3.63, 3.8) is 0 Å². The summed E-state index contributed by atoms with van der Waals surface area (Å²) in [5.41, 5.74) is 12.0. The van der Waals surface area contributed by atoms with Gasteiger partial charge in [-0.1, -0.05) is 48.4 Å². The van der Waals surface area contributed by atoms with Crippen molar-refractivity contribution in [1.29, 1.82) is 0 Å². The number of phenolic OH excluding ortho intramolecular Hbond substituents is 1. The molecule has 2 N–H and O–H groups in total. The number of benzene rings is 3. The van der Waals surface area contributed by atoms with E-state index >= 15 is 0 Å². The van der Waals surface area contributed by atoms with Gasteiger partial charge in [-0.15, -0.1) is 0 Å². The highest BCUT2D eigenvalue weighted by atomic mass is 16.5. The molecule has 3 nitrogen and oxygen atoms in total. The Morgan fingerprint density at radius 1 is 0.829 bits per heavy atom. The lowest BCUT2D eigenvalue weighted by molar-refractivity contribution is 0.335. The molecule has 0 aliphatic rings. The fraction of sp³-hybridized carbons (Fsp3) is 0.312. The van der Waals surface area contributed by atoms with Crippen molar-refractivity contribution in [2.24, 2.45) is 0 Å². The van der Waals surface area contributed by atoms with Crippen LogP contribution in [0, 0.1) is 13.8 Å². The summed E-state index contributed by atoms with van der Waals surface area (Å²) in [6, 6.07) is 16.8. The van der Waals surface area contributed by atoms with Crippen LogP contribution in [0.5, 0.6) is 11.5 Å². The molecule has 3 aromatic rings. The van der Waals surface area contributed by atoms with Gasteiger partial charge in [0.2, 0.25) is 0 Å². The van der Waals surface area contributed by atoms with Gasteiger partial charge in [0.15, 0.2) is 11.5 Å². The van der Waals surface area contributed by atoms with Gasteiger partial charge in [0, 0.05) is 12.2 Å². The van der Waals surface area contributed by atoms with E-state index in [1.807, 2.05) is 32.1 Å². The summed E-state index contributed by atoms with van der Waals surface area (Å²) in [6.07, 6.45) is 5.18. The second kappa shape index (κ2) is 11.8. The lowest BCUT2D eigenvalue weighted by Crippen LogP contribution is -2.02. The van der Waals surface area contributed by atoms with Crippen molar-refractivity contribution < 1.29 is 9.84 Å². The van der Waals surface area contributed by atoms with Crippen LogP contribution < -0.4 is 10.1 Å². The molecular weight excluding hydrogens is 430 g/mol. The lowest BCUT2D eigenvalue weighted by atomic mass is 9.91. The summed E-state index contributed by atoms with van der Waals surface area (Å²) in [4.78, 5) is 0. The van der Waals surface area contributed by atoms with Crippen LogP contribution in [-0.4, -0.2) is 18.3 Å². The van der Waals surface area contributed by atoms with Crippen LogP contribution in [0.3, 0.4) is 0 Å². The topological polar surface area (TPSA) is 41.5 Å². The van der Waals surface area contributed by atoms with Gasteiger partial charge in [-0.2, -0.15) is 0 Å². The Labute approximate surface area is 211 Å². The fourth-order valence-electron chi connectivity index (χ4n) is 4.13. The number of aryl methyl sites for hydroxylation is 3. The molecule has 3 aromatic carbocycles. The van der Waals surface area contributed by atoms with Gasteiger partial charge in [0.05, 0.1) is 0 Å². The molecular formula is C32H39NO2. The Hall–Kier alpha value is -3.46. The van der Waals surface area contributed by atoms with Crippen LogP contribution in [0.25, 0.3) is 22.3 Å². The first-order chi connectivity index (χ1) is 16.7. The fourth-order valence-corrected chi connectivity index (χ4v) is 4.13. The van der Waals surface area contributed by atoms with Gasteiger partial charge < -0.3 is 15.2 Å². The van der Waals surface area contributed by atoms with Crippen molar-refractivity contribution >= 4 is 5.69 Å². The average molecular weight is 470 g/mol. The quantitative estimate of drug-likeness (QED) is 0.308. The maximum Gasteiger partial charge on any atom is 0.161 e. The van der Waals surface area contributed by atoms with Crippen LogP contribution in [0.15, 0.2) is 71.8 Å². The van der Waals surface area contributed by atoms with E-state index in [1.54, 1.807) is 6.07 Å². The van der Waals surface area contributed by atoms with Gasteiger partial charge in [0.1, 0.15) is 6.61 Å². The molecule has 0 spiro atoms. The predicted octanol–water partition coefficient (Wildman–Crippen LogP) is 8.63. The number of allylic oxidation sites excluding steroid dienone is 2. The summed E-state index contributed by atoms with van der Waals surface area (Å²) in [5.74, 6) is 0.664. The second-order valence-corrected chi connectivity index (χ2v) is 9.64. The van der Waals surface area contributed by atoms with Crippen LogP contribution in [0.4, 0.5) is 5.69 Å². The predicted molar refractivity (Wildman–Crippen MR) is 151 cm³/mol. The Bertz CT molecular complexity index is 1240. The summed E-state index contributed by atoms with van der Waals surface area (Å²) in [7, 11) is 0. The highest BCUT2D eigenvalue weighted by molar-refractivity contribution is 5.78. The minimum absolute atomic E-state index is 0.162. The first kappa shape index (κ1) is 26.2. The zero-order valence-electron chi connectivity index (χ0n) is 22.3. The van der Waals surface area contributed by atoms with Crippen LogP contribution in [0.1, 0.15) is 51.3 Å². The molecule has 184 valence electrons. The van der Waals surface area contributed by atoms with Crippen LogP contribution in [-0.2, 0) is 6.42 Å². The van der Waals surface area contributed by atoms with Crippen molar-refractivity contribution in [1.82, 2.24) is 0 Å². The number of anilines is 1. The Morgan fingerprint density at radius 2 is 1.43 bits per heavy atom. The van der Waals surface area contributed by atoms with Gasteiger partial charge >= 0.3 is 0 Å². The van der Waals surface area contributed by atoms with E-state index in [2.05, 4.69) is 76.3 Å². The molecule has 3 heteroatoms. The third kappa shape index (κ3) is 6.79. The van der Waals surface area contributed by atoms with Gasteiger partial charge in [0.25, 0.3) is 0 Å². The first-order valence-electron chi connectivity index (χ1n) is 12.4. The van der Waals surface area contributed by atoms with E-state index in [0.29, 0.717) is 12.4 Å². The summed E-state index contributed by atoms with van der Waals surface area (Å²) < 4.78 is 5.70. The number of phenols is 1. The molecule has 3 rings (SSSR count). The van der Waals surface area contributed by atoms with E-state index in [4.69, 9.17) is 4.74 Å². The summed E-state index contributed by atoms with van der Waals surface area (Å²) >= 11 is 0. The second-order valence-electron chi connectivity index (χ2n) is 9.64. The van der Waals surface area contributed by atoms with E-state index in [-0.39, 0.29) is 5.75 Å². The van der Waals surface area contributed by atoms with Crippen molar-refractivity contribution in [2.75, 3.05) is 18.5 Å². The zero-order chi connectivity index (χ0) is 25.5. The largest absolute Gasteiger partial charge is 0.504 e. The Kier molecular flexibility index (Phi) is 8.81. The molecule has 0 fully saturated rings. The molecule has 0 saturated carbocycles. The summed E-state index contributed by atoms with van der Waals surface area (Å²) in [5, 5.41) is 14.1. The summed E-state index contributed by atoms with van der Waals surface area (Å²) in [6.45, 7) is 16.1. The maximum atomic E-state index is 10.5. The number of ether oxygens (including phenoxy) is 1. The number of nitrogens with one attached hydrogen (secondary N) is 1. The Morgan fingerprint density at radius 3 is 2.00 bits per heavy atom. The van der Waals surface area contributed by atoms with Crippen LogP contribution in [0.2, 0.25) is 0 Å². The van der Waals surface area contributed by atoms with E-state index in [9.17, 15) is 5.11 Å². The SMILES string of the molecule is CCc1cc(-c2cc(C)c(-c3ccc(OCC=C(C)C)c(O)c3)cc2C)ccc1NCC=C(C)C. The van der Waals surface area contributed by atoms with Gasteiger partial charge in [-0.05, 0) is 117 Å². The molecule has 0 unspecified atom stereocenters. The average Bonchev–Trinajstić information content (AvgIpc) is 2.81. The number of hydrogen-bond donors (Lipinski definition) is 2. The molecule has 0 radical (unpaired) electrons. The number of hydrogen-bond acceptors (Lipinski definition) is 3. The smallest absolute Gasteiger partial charge is 0.161 e. The number of aromatic hydroxyl groups is 1. The zero-order valence-corrected chi connectivity index (χ0v) is 22.3. The van der Waals surface area contributed by atoms with Gasteiger partial charge in [-0.3, -0.25) is 0 Å². The van der Waals surface area contributed by atoms with Crippen molar-refractivity contribution in [3.05, 3.63) is 88.5 Å². The molecule has 0 aliphatic heterocycles. The molecule has 0 bridgehead atoms. The van der Waals surface area contributed by atoms with E-state index in [1.165, 1.54) is 44.7 Å². The first-order valence-corrected chi connectivity index (χ1v) is 12.4. The molecule has 0 atom stereocenters. The minimum atomic E-state index is 0.162. The molecule has 35 heavy (non-hydrogen) atoms. The molecule has 0 aliphatic carbocycles. The molecule has 0 heterocycles. The normalized spacial score (nSPS) is 10.6. The maximum absolute atomic E-state index is 10.5. The van der Waals surface area contributed by atoms with Crippen molar-refractivity contribution in [2.45, 2.75) is 54.9 Å². The van der Waals surface area contributed by atoms with Crippen molar-refractivity contribution in [3.8, 4) is 33.8 Å². The monoisotopic (exact) mass is 469 g/mol. The number of rotatable bonds is 9. The minimum Gasteiger partial charge on any atom is -0.504 e.